The topological polar surface area (TPSA) is 59.6 Å². The third-order valence-electron chi connectivity index (χ3n) is 3.54. The summed E-state index contributed by atoms with van der Waals surface area (Å²) in [6.07, 6.45) is 0.391. The molecule has 1 aliphatic heterocycles. The molecule has 1 fully saturated rings. The van der Waals surface area contributed by atoms with E-state index in [0.29, 0.717) is 19.8 Å². The molecule has 0 bridgehead atoms. The first-order chi connectivity index (χ1) is 10.3. The van der Waals surface area contributed by atoms with Crippen molar-refractivity contribution >= 4 is 5.91 Å². The molecule has 1 heterocycles. The zero-order chi connectivity index (χ0) is 15.1. The molecule has 0 saturated carbocycles. The first-order valence-electron chi connectivity index (χ1n) is 7.60. The Labute approximate surface area is 126 Å². The van der Waals surface area contributed by atoms with Gasteiger partial charge in [-0.25, -0.2) is 0 Å². The van der Waals surface area contributed by atoms with E-state index in [4.69, 9.17) is 9.47 Å². The summed E-state index contributed by atoms with van der Waals surface area (Å²) in [6.45, 7) is 6.55. The van der Waals surface area contributed by atoms with Crippen LogP contribution >= 0.6 is 0 Å². The third kappa shape index (κ3) is 4.19. The summed E-state index contributed by atoms with van der Waals surface area (Å²) in [5.74, 6) is 0.759. The summed E-state index contributed by atoms with van der Waals surface area (Å²) >= 11 is 0. The second-order valence-corrected chi connectivity index (χ2v) is 5.00. The molecule has 2 atom stereocenters. The maximum atomic E-state index is 12.3. The van der Waals surface area contributed by atoms with E-state index in [-0.39, 0.29) is 11.9 Å². The van der Waals surface area contributed by atoms with Gasteiger partial charge >= 0.3 is 0 Å². The highest BCUT2D eigenvalue weighted by Gasteiger charge is 2.25. The highest BCUT2D eigenvalue weighted by Crippen LogP contribution is 2.27. The number of nitrogens with one attached hydrogen (secondary N) is 2. The van der Waals surface area contributed by atoms with E-state index in [1.807, 2.05) is 38.1 Å². The van der Waals surface area contributed by atoms with E-state index < -0.39 is 6.10 Å². The van der Waals surface area contributed by atoms with E-state index >= 15 is 0 Å². The molecule has 1 aromatic carbocycles. The number of para-hydroxylation sites is 1. The van der Waals surface area contributed by atoms with Gasteiger partial charge in [-0.1, -0.05) is 25.1 Å². The van der Waals surface area contributed by atoms with Gasteiger partial charge in [-0.2, -0.15) is 0 Å². The molecule has 21 heavy (non-hydrogen) atoms. The van der Waals surface area contributed by atoms with Crippen molar-refractivity contribution in [1.29, 1.82) is 0 Å². The Balaban J connectivity index is 2.07. The summed E-state index contributed by atoms with van der Waals surface area (Å²) in [4.78, 5) is 12.3. The molecule has 2 unspecified atom stereocenters. The number of carbonyl (C=O) groups excluding carboxylic acids is 1. The molecule has 1 amide bonds. The smallest absolute Gasteiger partial charge is 0.250 e. The molecule has 1 saturated heterocycles. The minimum Gasteiger partial charge on any atom is -0.494 e. The zero-order valence-corrected chi connectivity index (χ0v) is 12.7. The second-order valence-electron chi connectivity index (χ2n) is 5.00. The van der Waals surface area contributed by atoms with E-state index in [0.717, 1.165) is 24.3 Å². The molecule has 5 nitrogen and oxygen atoms in total. The lowest BCUT2D eigenvalue weighted by Gasteiger charge is -2.26. The van der Waals surface area contributed by atoms with Crippen molar-refractivity contribution in [2.45, 2.75) is 32.4 Å². The van der Waals surface area contributed by atoms with Crippen molar-refractivity contribution in [3.8, 4) is 5.75 Å². The van der Waals surface area contributed by atoms with Crippen LogP contribution in [0.15, 0.2) is 24.3 Å². The highest BCUT2D eigenvalue weighted by atomic mass is 16.5. The van der Waals surface area contributed by atoms with Crippen LogP contribution in [0.3, 0.4) is 0 Å². The van der Waals surface area contributed by atoms with E-state index in [2.05, 4.69) is 10.6 Å². The van der Waals surface area contributed by atoms with E-state index in [1.54, 1.807) is 0 Å². The van der Waals surface area contributed by atoms with Gasteiger partial charge in [0.15, 0.2) is 0 Å². The molecule has 2 rings (SSSR count). The Morgan fingerprint density at radius 3 is 2.95 bits per heavy atom. The van der Waals surface area contributed by atoms with Crippen LogP contribution in [0.4, 0.5) is 0 Å². The molecular weight excluding hydrogens is 268 g/mol. The normalized spacial score (nSPS) is 19.8. The first kappa shape index (κ1) is 15.8. The molecule has 116 valence electrons. The predicted octanol–water partition coefficient (Wildman–Crippen LogP) is 1.64. The highest BCUT2D eigenvalue weighted by molar-refractivity contribution is 5.81. The number of hydrogen-bond donors (Lipinski definition) is 2. The van der Waals surface area contributed by atoms with Crippen molar-refractivity contribution in [3.05, 3.63) is 29.8 Å². The van der Waals surface area contributed by atoms with Crippen LogP contribution in [0.1, 0.15) is 31.9 Å². The average Bonchev–Trinajstić information content (AvgIpc) is 2.54. The van der Waals surface area contributed by atoms with Gasteiger partial charge in [-0.15, -0.1) is 0 Å². The quantitative estimate of drug-likeness (QED) is 0.837. The average molecular weight is 292 g/mol. The van der Waals surface area contributed by atoms with Crippen molar-refractivity contribution < 1.29 is 14.3 Å². The van der Waals surface area contributed by atoms with Crippen LogP contribution < -0.4 is 15.4 Å². The van der Waals surface area contributed by atoms with Crippen LogP contribution in [-0.2, 0) is 9.53 Å². The number of hydrogen-bond acceptors (Lipinski definition) is 4. The van der Waals surface area contributed by atoms with Gasteiger partial charge < -0.3 is 20.1 Å². The maximum absolute atomic E-state index is 12.3. The fourth-order valence-corrected chi connectivity index (χ4v) is 2.45. The van der Waals surface area contributed by atoms with Crippen molar-refractivity contribution in [2.24, 2.45) is 0 Å². The van der Waals surface area contributed by atoms with Crippen molar-refractivity contribution in [2.75, 3.05) is 26.3 Å². The molecule has 0 radical (unpaired) electrons. The Bertz CT molecular complexity index is 459. The molecule has 0 spiro atoms. The Kier molecular flexibility index (Phi) is 6.02. The summed E-state index contributed by atoms with van der Waals surface area (Å²) in [5.41, 5.74) is 1.01. The summed E-state index contributed by atoms with van der Waals surface area (Å²) in [7, 11) is 0. The predicted molar refractivity (Wildman–Crippen MR) is 81.4 cm³/mol. The Morgan fingerprint density at radius 2 is 2.29 bits per heavy atom. The summed E-state index contributed by atoms with van der Waals surface area (Å²) < 4.78 is 11.1. The number of amides is 1. The molecule has 5 heteroatoms. The number of rotatable bonds is 6. The van der Waals surface area contributed by atoms with Crippen LogP contribution in [0.25, 0.3) is 0 Å². The number of carbonyl (C=O) groups is 1. The SMILES string of the molecule is CCOc1ccccc1C(CC)NC(=O)C1CNCCO1. The molecule has 2 N–H and O–H groups in total. The molecule has 1 aliphatic rings. The molecule has 1 aromatic rings. The monoisotopic (exact) mass is 292 g/mol. The fourth-order valence-electron chi connectivity index (χ4n) is 2.45. The third-order valence-corrected chi connectivity index (χ3v) is 3.54. The molecule has 0 aliphatic carbocycles. The van der Waals surface area contributed by atoms with E-state index in [1.165, 1.54) is 0 Å². The zero-order valence-electron chi connectivity index (χ0n) is 12.7. The van der Waals surface area contributed by atoms with Gasteiger partial charge in [-0.3, -0.25) is 4.79 Å². The van der Waals surface area contributed by atoms with Gasteiger partial charge in [-0.05, 0) is 19.4 Å². The van der Waals surface area contributed by atoms with Crippen LogP contribution in [0.5, 0.6) is 5.75 Å². The largest absolute Gasteiger partial charge is 0.494 e. The number of morpholine rings is 1. The van der Waals surface area contributed by atoms with Gasteiger partial charge in [0.2, 0.25) is 0 Å². The van der Waals surface area contributed by atoms with Crippen molar-refractivity contribution in [3.63, 3.8) is 0 Å². The van der Waals surface area contributed by atoms with Gasteiger partial charge in [0.05, 0.1) is 19.3 Å². The van der Waals surface area contributed by atoms with Gasteiger partial charge in [0.1, 0.15) is 11.9 Å². The van der Waals surface area contributed by atoms with Gasteiger partial charge in [0, 0.05) is 18.7 Å². The summed E-state index contributed by atoms with van der Waals surface area (Å²) in [5, 5.41) is 6.24. The lowest BCUT2D eigenvalue weighted by Crippen LogP contribution is -2.48. The van der Waals surface area contributed by atoms with Crippen LogP contribution in [-0.4, -0.2) is 38.3 Å². The maximum Gasteiger partial charge on any atom is 0.250 e. The van der Waals surface area contributed by atoms with Crippen LogP contribution in [0.2, 0.25) is 0 Å². The minimum atomic E-state index is -0.410. The Hall–Kier alpha value is -1.59. The molecule has 0 aromatic heterocycles. The van der Waals surface area contributed by atoms with Gasteiger partial charge in [0.25, 0.3) is 5.91 Å². The second kappa shape index (κ2) is 8.00. The van der Waals surface area contributed by atoms with E-state index in [9.17, 15) is 4.79 Å². The lowest BCUT2D eigenvalue weighted by molar-refractivity contribution is -0.135. The lowest BCUT2D eigenvalue weighted by atomic mass is 10.0. The fraction of sp³-hybridized carbons (Fsp3) is 0.562. The number of ether oxygens (including phenoxy) is 2. The molecular formula is C16H24N2O3. The van der Waals surface area contributed by atoms with Crippen molar-refractivity contribution in [1.82, 2.24) is 10.6 Å². The summed E-state index contributed by atoms with van der Waals surface area (Å²) in [6, 6.07) is 7.78. The number of benzene rings is 1. The van der Waals surface area contributed by atoms with Crippen LogP contribution in [0, 0.1) is 0 Å². The first-order valence-corrected chi connectivity index (χ1v) is 7.60. The standard InChI is InChI=1S/C16H24N2O3/c1-3-13(12-7-5-6-8-14(12)20-4-2)18-16(19)15-11-17-9-10-21-15/h5-8,13,15,17H,3-4,9-11H2,1-2H3,(H,18,19). The minimum absolute atomic E-state index is 0.0641. The Morgan fingerprint density at radius 1 is 1.48 bits per heavy atom.